The Kier molecular flexibility index (Phi) is 3.99. The van der Waals surface area contributed by atoms with Gasteiger partial charge in [0.25, 0.3) is 0 Å². The molecule has 108 valence electrons. The van der Waals surface area contributed by atoms with Gasteiger partial charge >= 0.3 is 0 Å². The molecule has 0 spiro atoms. The summed E-state index contributed by atoms with van der Waals surface area (Å²) in [7, 11) is 0. The van der Waals surface area contributed by atoms with Crippen molar-refractivity contribution in [3.63, 3.8) is 0 Å². The summed E-state index contributed by atoms with van der Waals surface area (Å²) >= 11 is 0. The van der Waals surface area contributed by atoms with Crippen molar-refractivity contribution in [1.82, 2.24) is 24.5 Å². The summed E-state index contributed by atoms with van der Waals surface area (Å²) in [5, 5.41) is 12.1. The van der Waals surface area contributed by atoms with E-state index in [0.717, 1.165) is 12.1 Å². The summed E-state index contributed by atoms with van der Waals surface area (Å²) in [5.41, 5.74) is 1.15. The molecule has 2 aromatic heterocycles. The van der Waals surface area contributed by atoms with Gasteiger partial charge in [0.2, 0.25) is 5.95 Å². The van der Waals surface area contributed by atoms with Crippen LogP contribution in [0.25, 0.3) is 0 Å². The molecule has 6 nitrogen and oxygen atoms in total. The maximum atomic E-state index is 4.54. The van der Waals surface area contributed by atoms with Crippen molar-refractivity contribution in [3.05, 3.63) is 24.3 Å². The van der Waals surface area contributed by atoms with Gasteiger partial charge in [-0.05, 0) is 19.8 Å². The van der Waals surface area contributed by atoms with Crippen molar-refractivity contribution >= 4 is 5.95 Å². The van der Waals surface area contributed by atoms with E-state index in [0.29, 0.717) is 18.5 Å². The Morgan fingerprint density at radius 3 is 2.90 bits per heavy atom. The maximum absolute atomic E-state index is 4.54. The van der Waals surface area contributed by atoms with Gasteiger partial charge in [-0.3, -0.25) is 4.68 Å². The Bertz CT molecular complexity index is 537. The SMILES string of the molecule is CCn1cc(CNc2ncn(C3CCCCC3)n2)cn1. The summed E-state index contributed by atoms with van der Waals surface area (Å²) in [4.78, 5) is 4.35. The molecule has 1 aliphatic rings. The van der Waals surface area contributed by atoms with E-state index in [9.17, 15) is 0 Å². The van der Waals surface area contributed by atoms with E-state index >= 15 is 0 Å². The van der Waals surface area contributed by atoms with Crippen LogP contribution in [-0.4, -0.2) is 24.5 Å². The fourth-order valence-electron chi connectivity index (χ4n) is 2.73. The molecule has 0 aliphatic heterocycles. The van der Waals surface area contributed by atoms with Gasteiger partial charge in [-0.1, -0.05) is 19.3 Å². The van der Waals surface area contributed by atoms with E-state index in [2.05, 4.69) is 27.4 Å². The summed E-state index contributed by atoms with van der Waals surface area (Å²) in [6, 6.07) is 0.537. The highest BCUT2D eigenvalue weighted by molar-refractivity contribution is 5.23. The molecule has 0 amide bonds. The van der Waals surface area contributed by atoms with Gasteiger partial charge in [0.1, 0.15) is 6.33 Å². The number of aryl methyl sites for hydroxylation is 1. The lowest BCUT2D eigenvalue weighted by Gasteiger charge is -2.21. The second-order valence-electron chi connectivity index (χ2n) is 5.40. The Morgan fingerprint density at radius 1 is 1.30 bits per heavy atom. The molecule has 1 saturated carbocycles. The van der Waals surface area contributed by atoms with Crippen LogP contribution in [0.3, 0.4) is 0 Å². The van der Waals surface area contributed by atoms with Crippen LogP contribution in [0.1, 0.15) is 50.6 Å². The Morgan fingerprint density at radius 2 is 2.15 bits per heavy atom. The van der Waals surface area contributed by atoms with Gasteiger partial charge in [0, 0.05) is 24.8 Å². The van der Waals surface area contributed by atoms with Crippen molar-refractivity contribution in [2.75, 3.05) is 5.32 Å². The highest BCUT2D eigenvalue weighted by Gasteiger charge is 2.16. The molecule has 1 aliphatic carbocycles. The minimum Gasteiger partial charge on any atom is -0.349 e. The van der Waals surface area contributed by atoms with Crippen LogP contribution in [0.2, 0.25) is 0 Å². The molecule has 1 fully saturated rings. The number of nitrogens with one attached hydrogen (secondary N) is 1. The summed E-state index contributed by atoms with van der Waals surface area (Å²) in [6.07, 6.45) is 12.2. The highest BCUT2D eigenvalue weighted by Crippen LogP contribution is 2.27. The molecule has 20 heavy (non-hydrogen) atoms. The lowest BCUT2D eigenvalue weighted by molar-refractivity contribution is 0.329. The van der Waals surface area contributed by atoms with Crippen LogP contribution in [0, 0.1) is 0 Å². The maximum Gasteiger partial charge on any atom is 0.242 e. The van der Waals surface area contributed by atoms with Crippen molar-refractivity contribution in [2.45, 2.75) is 58.2 Å². The number of rotatable bonds is 5. The molecule has 3 rings (SSSR count). The Balaban J connectivity index is 1.56. The smallest absolute Gasteiger partial charge is 0.242 e. The summed E-state index contributed by atoms with van der Waals surface area (Å²) in [5.74, 6) is 0.708. The monoisotopic (exact) mass is 274 g/mol. The second kappa shape index (κ2) is 6.07. The summed E-state index contributed by atoms with van der Waals surface area (Å²) in [6.45, 7) is 3.70. The van der Waals surface area contributed by atoms with E-state index < -0.39 is 0 Å². The fourth-order valence-corrected chi connectivity index (χ4v) is 2.73. The number of anilines is 1. The molecule has 0 radical (unpaired) electrons. The minimum atomic E-state index is 0.537. The van der Waals surface area contributed by atoms with E-state index in [1.807, 2.05) is 28.1 Å². The first-order valence-electron chi connectivity index (χ1n) is 7.51. The first-order chi connectivity index (χ1) is 9.85. The van der Waals surface area contributed by atoms with Crippen molar-refractivity contribution in [3.8, 4) is 0 Å². The van der Waals surface area contributed by atoms with Crippen molar-refractivity contribution in [1.29, 1.82) is 0 Å². The second-order valence-corrected chi connectivity index (χ2v) is 5.40. The van der Waals surface area contributed by atoms with Crippen LogP contribution in [-0.2, 0) is 13.1 Å². The molecule has 0 aromatic carbocycles. The largest absolute Gasteiger partial charge is 0.349 e. The van der Waals surface area contributed by atoms with E-state index in [1.54, 1.807) is 0 Å². The van der Waals surface area contributed by atoms with Crippen molar-refractivity contribution < 1.29 is 0 Å². The molecule has 0 unspecified atom stereocenters. The van der Waals surface area contributed by atoms with Gasteiger partial charge < -0.3 is 5.32 Å². The molecule has 6 heteroatoms. The van der Waals surface area contributed by atoms with E-state index in [4.69, 9.17) is 0 Å². The van der Waals surface area contributed by atoms with Gasteiger partial charge in [-0.2, -0.15) is 5.10 Å². The topological polar surface area (TPSA) is 60.6 Å². The first kappa shape index (κ1) is 13.1. The van der Waals surface area contributed by atoms with Crippen LogP contribution < -0.4 is 5.32 Å². The van der Waals surface area contributed by atoms with Crippen molar-refractivity contribution in [2.24, 2.45) is 0 Å². The molecule has 2 heterocycles. The van der Waals surface area contributed by atoms with E-state index in [1.165, 1.54) is 32.1 Å². The molecular formula is C14H22N6. The van der Waals surface area contributed by atoms with Crippen LogP contribution in [0.15, 0.2) is 18.7 Å². The number of nitrogens with zero attached hydrogens (tertiary/aromatic N) is 5. The zero-order valence-electron chi connectivity index (χ0n) is 12.0. The van der Waals surface area contributed by atoms with Crippen LogP contribution in [0.5, 0.6) is 0 Å². The Labute approximate surface area is 119 Å². The van der Waals surface area contributed by atoms with E-state index in [-0.39, 0.29) is 0 Å². The van der Waals surface area contributed by atoms with Gasteiger partial charge in [0.05, 0.1) is 12.2 Å². The normalized spacial score (nSPS) is 16.4. The van der Waals surface area contributed by atoms with Crippen LogP contribution in [0.4, 0.5) is 5.95 Å². The molecule has 2 aromatic rings. The average molecular weight is 274 g/mol. The van der Waals surface area contributed by atoms with Gasteiger partial charge in [0.15, 0.2) is 0 Å². The average Bonchev–Trinajstić information content (AvgIpc) is 3.15. The molecule has 1 N–H and O–H groups in total. The van der Waals surface area contributed by atoms with Gasteiger partial charge in [-0.25, -0.2) is 9.67 Å². The Hall–Kier alpha value is -1.85. The zero-order valence-corrected chi connectivity index (χ0v) is 12.0. The third kappa shape index (κ3) is 3.00. The molecule has 0 bridgehead atoms. The summed E-state index contributed by atoms with van der Waals surface area (Å²) < 4.78 is 3.95. The van der Waals surface area contributed by atoms with Crippen LogP contribution >= 0.6 is 0 Å². The number of hydrogen-bond donors (Lipinski definition) is 1. The fraction of sp³-hybridized carbons (Fsp3) is 0.643. The zero-order chi connectivity index (χ0) is 13.8. The predicted molar refractivity (Wildman–Crippen MR) is 77.4 cm³/mol. The first-order valence-corrected chi connectivity index (χ1v) is 7.51. The lowest BCUT2D eigenvalue weighted by atomic mass is 9.96. The third-order valence-electron chi connectivity index (χ3n) is 3.92. The highest BCUT2D eigenvalue weighted by atomic mass is 15.4. The number of hydrogen-bond acceptors (Lipinski definition) is 4. The standard InChI is InChI=1S/C14H22N6/c1-2-19-10-12(9-17-19)8-15-14-16-11-20(18-14)13-6-4-3-5-7-13/h9-11,13H,2-8H2,1H3,(H,15,18). The lowest BCUT2D eigenvalue weighted by Crippen LogP contribution is -2.13. The molecule has 0 saturated heterocycles. The minimum absolute atomic E-state index is 0.537. The third-order valence-corrected chi connectivity index (χ3v) is 3.92. The van der Waals surface area contributed by atoms with Gasteiger partial charge in [-0.15, -0.1) is 5.10 Å². The quantitative estimate of drug-likeness (QED) is 0.910. The number of aromatic nitrogens is 5. The predicted octanol–water partition coefficient (Wildman–Crippen LogP) is 2.61. The molecule has 0 atom stereocenters. The molecular weight excluding hydrogens is 252 g/mol.